The normalized spacial score (nSPS) is 11.2. The van der Waals surface area contributed by atoms with Gasteiger partial charge in [-0.05, 0) is 51.1 Å². The van der Waals surface area contributed by atoms with Gasteiger partial charge in [0.15, 0.2) is 5.78 Å². The first-order chi connectivity index (χ1) is 12.4. The first-order valence-electron chi connectivity index (χ1n) is 8.33. The highest BCUT2D eigenvalue weighted by molar-refractivity contribution is 7.17. The summed E-state index contributed by atoms with van der Waals surface area (Å²) in [4.78, 5) is 30.5. The summed E-state index contributed by atoms with van der Waals surface area (Å²) in [5.41, 5.74) is 1.58. The largest absolute Gasteiger partial charge is 0.341 e. The van der Waals surface area contributed by atoms with Gasteiger partial charge in [0.2, 0.25) is 0 Å². The van der Waals surface area contributed by atoms with Crippen LogP contribution in [0.5, 0.6) is 0 Å². The van der Waals surface area contributed by atoms with Crippen molar-refractivity contribution in [2.24, 2.45) is 0 Å². The van der Waals surface area contributed by atoms with E-state index < -0.39 is 5.54 Å². The maximum absolute atomic E-state index is 13.0. The number of pyridine rings is 1. The number of nitrogens with zero attached hydrogens (tertiary/aromatic N) is 1. The number of carbonyl (C=O) groups is 2. The maximum atomic E-state index is 13.0. The van der Waals surface area contributed by atoms with E-state index in [1.807, 2.05) is 56.3 Å². The predicted octanol–water partition coefficient (Wildman–Crippen LogP) is 4.68. The summed E-state index contributed by atoms with van der Waals surface area (Å²) in [6, 6.07) is 16.8. The molecule has 1 amide bonds. The zero-order chi connectivity index (χ0) is 18.7. The Morgan fingerprint density at radius 3 is 2.38 bits per heavy atom. The second kappa shape index (κ2) is 7.22. The van der Waals surface area contributed by atoms with E-state index in [4.69, 9.17) is 0 Å². The Hall–Kier alpha value is -2.79. The number of amides is 1. The molecule has 0 atom stereocenters. The molecule has 0 fully saturated rings. The molecule has 1 N–H and O–H groups in total. The van der Waals surface area contributed by atoms with Crippen molar-refractivity contribution in [3.63, 3.8) is 0 Å². The van der Waals surface area contributed by atoms with E-state index in [9.17, 15) is 9.59 Å². The van der Waals surface area contributed by atoms with Crippen molar-refractivity contribution in [3.05, 3.63) is 76.9 Å². The summed E-state index contributed by atoms with van der Waals surface area (Å²) in [5, 5.41) is 3.06. The van der Waals surface area contributed by atoms with Crippen molar-refractivity contribution >= 4 is 23.0 Å². The molecule has 5 heteroatoms. The molecular weight excluding hydrogens is 344 g/mol. The number of aromatic nitrogens is 1. The van der Waals surface area contributed by atoms with Gasteiger partial charge in [0, 0.05) is 22.2 Å². The number of ketones is 1. The fourth-order valence-electron chi connectivity index (χ4n) is 2.72. The van der Waals surface area contributed by atoms with Crippen LogP contribution < -0.4 is 5.32 Å². The van der Waals surface area contributed by atoms with Crippen LogP contribution in [0, 0.1) is 0 Å². The van der Waals surface area contributed by atoms with Crippen LogP contribution in [0.2, 0.25) is 0 Å². The average Bonchev–Trinajstić information content (AvgIpc) is 3.12. The number of hydrogen-bond acceptors (Lipinski definition) is 4. The molecule has 2 heterocycles. The first-order valence-corrected chi connectivity index (χ1v) is 9.14. The van der Waals surface area contributed by atoms with Gasteiger partial charge in [-0.2, -0.15) is 0 Å². The molecule has 132 valence electrons. The van der Waals surface area contributed by atoms with Gasteiger partial charge in [-0.25, -0.2) is 0 Å². The molecule has 1 aromatic carbocycles. The fourth-order valence-corrected chi connectivity index (χ4v) is 3.66. The first kappa shape index (κ1) is 18.0. The molecule has 2 aromatic heterocycles. The fraction of sp³-hybridized carbons (Fsp3) is 0.190. The van der Waals surface area contributed by atoms with Crippen LogP contribution in [-0.2, 0) is 5.54 Å². The molecule has 0 aliphatic heterocycles. The average molecular weight is 364 g/mol. The second-order valence-electron chi connectivity index (χ2n) is 6.56. The van der Waals surface area contributed by atoms with Gasteiger partial charge >= 0.3 is 0 Å². The number of Topliss-reactive ketones (excluding diaryl/α,β-unsaturated/α-hetero) is 1. The van der Waals surface area contributed by atoms with Crippen molar-refractivity contribution in [2.75, 3.05) is 0 Å². The Bertz CT molecular complexity index is 945. The zero-order valence-corrected chi connectivity index (χ0v) is 15.8. The molecule has 0 aliphatic carbocycles. The minimum atomic E-state index is -0.606. The second-order valence-corrected chi connectivity index (χ2v) is 7.64. The van der Waals surface area contributed by atoms with E-state index in [2.05, 4.69) is 10.3 Å². The predicted molar refractivity (Wildman–Crippen MR) is 104 cm³/mol. The van der Waals surface area contributed by atoms with E-state index >= 15 is 0 Å². The van der Waals surface area contributed by atoms with Gasteiger partial charge in [-0.15, -0.1) is 11.3 Å². The van der Waals surface area contributed by atoms with Crippen LogP contribution in [0.4, 0.5) is 0 Å². The van der Waals surface area contributed by atoms with Crippen molar-refractivity contribution in [3.8, 4) is 10.4 Å². The monoisotopic (exact) mass is 364 g/mol. The Morgan fingerprint density at radius 1 is 1.00 bits per heavy atom. The maximum Gasteiger partial charge on any atom is 0.252 e. The van der Waals surface area contributed by atoms with E-state index in [1.54, 1.807) is 25.3 Å². The van der Waals surface area contributed by atoms with E-state index in [1.165, 1.54) is 11.3 Å². The van der Waals surface area contributed by atoms with Crippen molar-refractivity contribution in [2.45, 2.75) is 26.3 Å². The number of nitrogens with one attached hydrogen (secondary N) is 1. The molecule has 0 unspecified atom stereocenters. The van der Waals surface area contributed by atoms with Crippen molar-refractivity contribution in [1.82, 2.24) is 10.3 Å². The SMILES string of the molecule is CC(=O)c1ccc(-c2ccccc2C(=O)NC(C)(C)c2ccccn2)s1. The number of rotatable bonds is 5. The third kappa shape index (κ3) is 3.73. The van der Waals surface area contributed by atoms with E-state index in [0.717, 1.165) is 16.1 Å². The Morgan fingerprint density at radius 2 is 1.73 bits per heavy atom. The molecule has 0 spiro atoms. The van der Waals surface area contributed by atoms with Gasteiger partial charge in [0.1, 0.15) is 0 Å². The molecule has 0 bridgehead atoms. The molecule has 4 nitrogen and oxygen atoms in total. The third-order valence-corrected chi connectivity index (χ3v) is 5.34. The van der Waals surface area contributed by atoms with Crippen LogP contribution in [0.25, 0.3) is 10.4 Å². The lowest BCUT2D eigenvalue weighted by atomic mass is 9.98. The minimum Gasteiger partial charge on any atom is -0.341 e. The molecule has 3 aromatic rings. The number of thiophene rings is 1. The van der Waals surface area contributed by atoms with Gasteiger partial charge < -0.3 is 5.32 Å². The number of hydrogen-bond donors (Lipinski definition) is 1. The van der Waals surface area contributed by atoms with Crippen LogP contribution in [0.1, 0.15) is 46.5 Å². The van der Waals surface area contributed by atoms with E-state index in [0.29, 0.717) is 10.4 Å². The third-order valence-electron chi connectivity index (χ3n) is 4.12. The molecule has 0 radical (unpaired) electrons. The number of benzene rings is 1. The Kier molecular flexibility index (Phi) is 5.00. The van der Waals surface area contributed by atoms with Gasteiger partial charge in [-0.1, -0.05) is 24.3 Å². The summed E-state index contributed by atoms with van der Waals surface area (Å²) in [6.45, 7) is 5.40. The quantitative estimate of drug-likeness (QED) is 0.669. The van der Waals surface area contributed by atoms with Gasteiger partial charge in [0.25, 0.3) is 5.91 Å². The van der Waals surface area contributed by atoms with Crippen LogP contribution in [0.3, 0.4) is 0 Å². The van der Waals surface area contributed by atoms with Crippen LogP contribution >= 0.6 is 11.3 Å². The smallest absolute Gasteiger partial charge is 0.252 e. The lowest BCUT2D eigenvalue weighted by molar-refractivity contribution is 0.0910. The summed E-state index contributed by atoms with van der Waals surface area (Å²) >= 11 is 1.40. The highest BCUT2D eigenvalue weighted by atomic mass is 32.1. The summed E-state index contributed by atoms with van der Waals surface area (Å²) in [5.74, 6) is -0.145. The lowest BCUT2D eigenvalue weighted by Crippen LogP contribution is -2.41. The zero-order valence-electron chi connectivity index (χ0n) is 14.9. The molecule has 0 aliphatic rings. The highest BCUT2D eigenvalue weighted by Crippen LogP contribution is 2.31. The van der Waals surface area contributed by atoms with E-state index in [-0.39, 0.29) is 11.7 Å². The summed E-state index contributed by atoms with van der Waals surface area (Å²) in [7, 11) is 0. The minimum absolute atomic E-state index is 0.0273. The molecule has 0 saturated carbocycles. The van der Waals surface area contributed by atoms with Gasteiger partial charge in [0.05, 0.1) is 16.1 Å². The molecular formula is C21H20N2O2S. The Labute approximate surface area is 156 Å². The molecule has 3 rings (SSSR count). The Balaban J connectivity index is 1.92. The highest BCUT2D eigenvalue weighted by Gasteiger charge is 2.26. The van der Waals surface area contributed by atoms with Crippen LogP contribution in [-0.4, -0.2) is 16.7 Å². The van der Waals surface area contributed by atoms with Crippen molar-refractivity contribution < 1.29 is 9.59 Å². The standard InChI is InChI=1S/C21H20N2O2S/c1-14(24)17-11-12-18(26-17)15-8-4-5-9-16(15)20(25)23-21(2,3)19-10-6-7-13-22-19/h4-13H,1-3H3,(H,23,25). The summed E-state index contributed by atoms with van der Waals surface area (Å²) < 4.78 is 0. The molecule has 0 saturated heterocycles. The van der Waals surface area contributed by atoms with Crippen LogP contribution in [0.15, 0.2) is 60.8 Å². The summed E-state index contributed by atoms with van der Waals surface area (Å²) in [6.07, 6.45) is 1.71. The lowest BCUT2D eigenvalue weighted by Gasteiger charge is -2.26. The number of carbonyl (C=O) groups excluding carboxylic acids is 2. The van der Waals surface area contributed by atoms with Gasteiger partial charge in [-0.3, -0.25) is 14.6 Å². The van der Waals surface area contributed by atoms with Crippen molar-refractivity contribution in [1.29, 1.82) is 0 Å². The topological polar surface area (TPSA) is 59.1 Å². The molecule has 26 heavy (non-hydrogen) atoms.